The maximum atomic E-state index is 12.9. The highest BCUT2D eigenvalue weighted by molar-refractivity contribution is 7.89. The summed E-state index contributed by atoms with van der Waals surface area (Å²) in [7, 11) is 1.45. The van der Waals surface area contributed by atoms with Crippen LogP contribution in [0, 0.1) is 0 Å². The third-order valence-corrected chi connectivity index (χ3v) is 6.27. The molecular formula is C20H22F3N3O2S. The second kappa shape index (κ2) is 7.81. The van der Waals surface area contributed by atoms with Gasteiger partial charge in [-0.25, -0.2) is 13.1 Å². The number of benzene rings is 2. The fourth-order valence-electron chi connectivity index (χ4n) is 3.32. The van der Waals surface area contributed by atoms with E-state index in [0.29, 0.717) is 6.07 Å². The van der Waals surface area contributed by atoms with Crippen molar-refractivity contribution in [3.05, 3.63) is 65.9 Å². The van der Waals surface area contributed by atoms with E-state index < -0.39 is 26.7 Å². The van der Waals surface area contributed by atoms with E-state index in [2.05, 4.69) is 4.72 Å². The lowest BCUT2D eigenvalue weighted by molar-refractivity contribution is -0.137. The van der Waals surface area contributed by atoms with Gasteiger partial charge in [0, 0.05) is 36.7 Å². The quantitative estimate of drug-likeness (QED) is 0.654. The summed E-state index contributed by atoms with van der Waals surface area (Å²) in [6.45, 7) is 0.0135. The number of halogens is 3. The van der Waals surface area contributed by atoms with Crippen LogP contribution in [0.4, 0.5) is 13.2 Å². The minimum Gasteiger partial charge on any atom is -0.350 e. The average Bonchev–Trinajstić information content (AvgIpc) is 2.98. The first-order chi connectivity index (χ1) is 13.5. The van der Waals surface area contributed by atoms with Crippen LogP contribution in [-0.4, -0.2) is 38.5 Å². The van der Waals surface area contributed by atoms with Gasteiger partial charge in [0.2, 0.25) is 10.0 Å². The Morgan fingerprint density at radius 3 is 2.45 bits per heavy atom. The van der Waals surface area contributed by atoms with Gasteiger partial charge < -0.3 is 9.47 Å². The highest BCUT2D eigenvalue weighted by Gasteiger charge is 2.32. The molecule has 5 nitrogen and oxygen atoms in total. The molecule has 0 aliphatic rings. The van der Waals surface area contributed by atoms with E-state index >= 15 is 0 Å². The van der Waals surface area contributed by atoms with Crippen molar-refractivity contribution in [2.75, 3.05) is 20.6 Å². The fraction of sp³-hybridized carbons (Fsp3) is 0.300. The van der Waals surface area contributed by atoms with Crippen LogP contribution in [0.1, 0.15) is 17.2 Å². The summed E-state index contributed by atoms with van der Waals surface area (Å²) >= 11 is 0. The monoisotopic (exact) mass is 425 g/mol. The molecule has 1 atom stereocenters. The number of sulfonamides is 1. The molecule has 0 aliphatic heterocycles. The zero-order valence-electron chi connectivity index (χ0n) is 16.2. The molecule has 156 valence electrons. The van der Waals surface area contributed by atoms with Gasteiger partial charge in [0.05, 0.1) is 10.5 Å². The Hall–Kier alpha value is -2.36. The minimum atomic E-state index is -4.61. The molecule has 2 aromatic carbocycles. The molecule has 29 heavy (non-hydrogen) atoms. The van der Waals surface area contributed by atoms with E-state index in [0.717, 1.165) is 34.7 Å². The molecule has 3 aromatic rings. The molecule has 1 N–H and O–H groups in total. The number of nitrogens with zero attached hydrogens (tertiary/aromatic N) is 2. The van der Waals surface area contributed by atoms with Crippen molar-refractivity contribution in [3.8, 4) is 0 Å². The Bertz CT molecular complexity index is 1120. The highest BCUT2D eigenvalue weighted by atomic mass is 32.2. The van der Waals surface area contributed by atoms with Crippen LogP contribution >= 0.6 is 0 Å². The van der Waals surface area contributed by atoms with Gasteiger partial charge in [-0.15, -0.1) is 0 Å². The molecule has 1 aromatic heterocycles. The molecule has 0 radical (unpaired) electrons. The summed E-state index contributed by atoms with van der Waals surface area (Å²) in [4.78, 5) is 1.46. The third-order valence-electron chi connectivity index (χ3n) is 4.85. The van der Waals surface area contributed by atoms with Crippen LogP contribution in [0.3, 0.4) is 0 Å². The van der Waals surface area contributed by atoms with Crippen LogP contribution in [0.15, 0.2) is 59.6 Å². The molecule has 0 spiro atoms. The maximum absolute atomic E-state index is 12.9. The Kier molecular flexibility index (Phi) is 5.75. The van der Waals surface area contributed by atoms with Gasteiger partial charge in [0.1, 0.15) is 0 Å². The molecule has 1 unspecified atom stereocenters. The topological polar surface area (TPSA) is 54.3 Å². The van der Waals surface area contributed by atoms with Crippen molar-refractivity contribution < 1.29 is 21.6 Å². The van der Waals surface area contributed by atoms with Gasteiger partial charge in [-0.1, -0.05) is 24.3 Å². The first kappa shape index (κ1) is 21.4. The number of aromatic nitrogens is 1. The smallest absolute Gasteiger partial charge is 0.350 e. The molecule has 9 heteroatoms. The second-order valence-corrected chi connectivity index (χ2v) is 8.84. The standard InChI is InChI=1S/C20H22F3N3O2S/c1-25(2)19(17-13-26(3)18-10-5-4-9-16(17)18)12-24-29(27,28)15-8-6-7-14(11-15)20(21,22)23/h4-11,13,19,24H,12H2,1-3H3. The number of fused-ring (bicyclic) bond motifs is 1. The van der Waals surface area contributed by atoms with E-state index in [4.69, 9.17) is 0 Å². The molecule has 0 aliphatic carbocycles. The molecule has 0 bridgehead atoms. The molecule has 0 fully saturated rings. The number of rotatable bonds is 6. The number of likely N-dealkylation sites (N-methyl/N-ethyl adjacent to an activating group) is 1. The van der Waals surface area contributed by atoms with Crippen LogP contribution in [0.2, 0.25) is 0 Å². The largest absolute Gasteiger partial charge is 0.416 e. The SMILES string of the molecule is CN(C)C(CNS(=O)(=O)c1cccc(C(F)(F)F)c1)c1cn(C)c2ccccc12. The van der Waals surface area contributed by atoms with Gasteiger partial charge in [-0.3, -0.25) is 0 Å². The van der Waals surface area contributed by atoms with Gasteiger partial charge in [-0.2, -0.15) is 13.2 Å². The molecule has 3 rings (SSSR count). The summed E-state index contributed by atoms with van der Waals surface area (Å²) in [5, 5.41) is 0.993. The lowest BCUT2D eigenvalue weighted by atomic mass is 10.1. The summed E-state index contributed by atoms with van der Waals surface area (Å²) in [5.41, 5.74) is 0.938. The van der Waals surface area contributed by atoms with Crippen molar-refractivity contribution in [1.82, 2.24) is 14.2 Å². The van der Waals surface area contributed by atoms with E-state index in [9.17, 15) is 21.6 Å². The van der Waals surface area contributed by atoms with Gasteiger partial charge in [0.15, 0.2) is 0 Å². The van der Waals surface area contributed by atoms with Gasteiger partial charge in [0.25, 0.3) is 0 Å². The van der Waals surface area contributed by atoms with E-state index in [1.54, 1.807) is 0 Å². The average molecular weight is 425 g/mol. The number of hydrogen-bond acceptors (Lipinski definition) is 3. The molecular weight excluding hydrogens is 403 g/mol. The number of para-hydroxylation sites is 1. The third kappa shape index (κ3) is 4.47. The van der Waals surface area contributed by atoms with Crippen molar-refractivity contribution >= 4 is 20.9 Å². The predicted molar refractivity (Wildman–Crippen MR) is 106 cm³/mol. The van der Waals surface area contributed by atoms with Crippen LogP contribution in [0.5, 0.6) is 0 Å². The van der Waals surface area contributed by atoms with E-state index in [1.807, 2.05) is 61.1 Å². The van der Waals surface area contributed by atoms with Gasteiger partial charge in [-0.05, 0) is 43.9 Å². The van der Waals surface area contributed by atoms with Crippen molar-refractivity contribution in [2.45, 2.75) is 17.1 Å². The van der Waals surface area contributed by atoms with Crippen molar-refractivity contribution in [2.24, 2.45) is 7.05 Å². The number of hydrogen-bond donors (Lipinski definition) is 1. The second-order valence-electron chi connectivity index (χ2n) is 7.07. The molecule has 0 amide bonds. The Labute approximate surface area is 167 Å². The van der Waals surface area contributed by atoms with Crippen LogP contribution < -0.4 is 4.72 Å². The number of alkyl halides is 3. The Morgan fingerprint density at radius 1 is 1.10 bits per heavy atom. The normalized spacial score (nSPS) is 13.9. The highest BCUT2D eigenvalue weighted by Crippen LogP contribution is 2.31. The molecule has 0 saturated carbocycles. The number of aryl methyl sites for hydroxylation is 1. The first-order valence-electron chi connectivity index (χ1n) is 8.88. The van der Waals surface area contributed by atoms with Crippen LogP contribution in [-0.2, 0) is 23.2 Å². The lowest BCUT2D eigenvalue weighted by Gasteiger charge is -2.24. The Balaban J connectivity index is 1.89. The molecule has 1 heterocycles. The summed E-state index contributed by atoms with van der Waals surface area (Å²) in [6.07, 6.45) is -2.67. The zero-order valence-corrected chi connectivity index (χ0v) is 17.1. The van der Waals surface area contributed by atoms with Crippen molar-refractivity contribution in [3.63, 3.8) is 0 Å². The van der Waals surface area contributed by atoms with E-state index in [-0.39, 0.29) is 12.6 Å². The van der Waals surface area contributed by atoms with Gasteiger partial charge >= 0.3 is 6.18 Å². The summed E-state index contributed by atoms with van der Waals surface area (Å²) < 4.78 is 68.5. The molecule has 0 saturated heterocycles. The first-order valence-corrected chi connectivity index (χ1v) is 10.4. The zero-order chi connectivity index (χ0) is 21.4. The fourth-order valence-corrected chi connectivity index (χ4v) is 4.40. The maximum Gasteiger partial charge on any atom is 0.416 e. The number of nitrogens with one attached hydrogen (secondary N) is 1. The Morgan fingerprint density at radius 2 is 1.79 bits per heavy atom. The minimum absolute atomic E-state index is 0.0135. The van der Waals surface area contributed by atoms with E-state index in [1.165, 1.54) is 0 Å². The van der Waals surface area contributed by atoms with Crippen LogP contribution in [0.25, 0.3) is 10.9 Å². The lowest BCUT2D eigenvalue weighted by Crippen LogP contribution is -2.34. The van der Waals surface area contributed by atoms with Crippen molar-refractivity contribution in [1.29, 1.82) is 0 Å². The summed E-state index contributed by atoms with van der Waals surface area (Å²) in [6, 6.07) is 11.2. The predicted octanol–water partition coefficient (Wildman–Crippen LogP) is 3.78. The summed E-state index contributed by atoms with van der Waals surface area (Å²) in [5.74, 6) is 0.